The Morgan fingerprint density at radius 3 is 2.53 bits per heavy atom. The molecule has 1 aromatic rings. The van der Waals surface area contributed by atoms with E-state index >= 15 is 0 Å². The lowest BCUT2D eigenvalue weighted by Gasteiger charge is -2.26. The van der Waals surface area contributed by atoms with Crippen molar-refractivity contribution in [2.24, 2.45) is 0 Å². The molecule has 0 aliphatic carbocycles. The molecule has 1 aromatic heterocycles. The topological polar surface area (TPSA) is 21.1 Å². The van der Waals surface area contributed by atoms with E-state index in [1.807, 2.05) is 11.8 Å². The molecular formula is C14H26BrN3S. The third-order valence-electron chi connectivity index (χ3n) is 3.55. The second kappa shape index (κ2) is 8.32. The Morgan fingerprint density at radius 2 is 2.05 bits per heavy atom. The lowest BCUT2D eigenvalue weighted by atomic mass is 10.2. The molecule has 0 saturated heterocycles. The van der Waals surface area contributed by atoms with Gasteiger partial charge in [0.05, 0.1) is 15.9 Å². The largest absolute Gasteiger partial charge is 0.297 e. The van der Waals surface area contributed by atoms with Gasteiger partial charge in [-0.1, -0.05) is 13.8 Å². The van der Waals surface area contributed by atoms with Gasteiger partial charge < -0.3 is 0 Å². The first-order valence-corrected chi connectivity index (χ1v) is 9.20. The summed E-state index contributed by atoms with van der Waals surface area (Å²) < 4.78 is 3.33. The molecule has 0 radical (unpaired) electrons. The van der Waals surface area contributed by atoms with Crippen molar-refractivity contribution in [3.8, 4) is 0 Å². The van der Waals surface area contributed by atoms with Gasteiger partial charge in [0, 0.05) is 24.9 Å². The summed E-state index contributed by atoms with van der Waals surface area (Å²) in [7, 11) is 2.22. The SMILES string of the molecule is CCc1nn(CC)c(CN(C)C(CC)CSC)c1Br. The van der Waals surface area contributed by atoms with E-state index in [1.165, 1.54) is 28.0 Å². The van der Waals surface area contributed by atoms with Crippen molar-refractivity contribution >= 4 is 27.7 Å². The minimum Gasteiger partial charge on any atom is -0.297 e. The Morgan fingerprint density at radius 1 is 1.37 bits per heavy atom. The number of thioether (sulfide) groups is 1. The first-order chi connectivity index (χ1) is 9.08. The molecule has 110 valence electrons. The van der Waals surface area contributed by atoms with E-state index < -0.39 is 0 Å². The summed E-state index contributed by atoms with van der Waals surface area (Å²) in [5.74, 6) is 1.19. The van der Waals surface area contributed by atoms with Crippen LogP contribution >= 0.6 is 27.7 Å². The monoisotopic (exact) mass is 347 g/mol. The van der Waals surface area contributed by atoms with E-state index in [0.717, 1.165) is 19.5 Å². The third-order valence-corrected chi connectivity index (χ3v) is 5.18. The lowest BCUT2D eigenvalue weighted by molar-refractivity contribution is 0.240. The van der Waals surface area contributed by atoms with Gasteiger partial charge >= 0.3 is 0 Å². The molecule has 0 fully saturated rings. The van der Waals surface area contributed by atoms with Crippen LogP contribution in [-0.4, -0.2) is 39.8 Å². The number of hydrogen-bond acceptors (Lipinski definition) is 3. The average Bonchev–Trinajstić information content (AvgIpc) is 2.72. The van der Waals surface area contributed by atoms with Gasteiger partial charge in [-0.2, -0.15) is 16.9 Å². The van der Waals surface area contributed by atoms with Crippen molar-refractivity contribution in [1.82, 2.24) is 14.7 Å². The minimum atomic E-state index is 0.632. The van der Waals surface area contributed by atoms with Crippen LogP contribution in [-0.2, 0) is 19.5 Å². The smallest absolute Gasteiger partial charge is 0.0767 e. The molecule has 0 aliphatic heterocycles. The Labute approximate surface area is 130 Å². The molecule has 19 heavy (non-hydrogen) atoms. The van der Waals surface area contributed by atoms with Crippen LogP contribution in [0.1, 0.15) is 38.6 Å². The van der Waals surface area contributed by atoms with E-state index in [2.05, 4.69) is 64.7 Å². The zero-order valence-corrected chi connectivity index (χ0v) is 15.1. The normalized spacial score (nSPS) is 13.2. The van der Waals surface area contributed by atoms with Gasteiger partial charge in [-0.25, -0.2) is 0 Å². The van der Waals surface area contributed by atoms with Gasteiger partial charge in [0.25, 0.3) is 0 Å². The molecular weight excluding hydrogens is 322 g/mol. The molecule has 0 saturated carbocycles. The highest BCUT2D eigenvalue weighted by molar-refractivity contribution is 9.10. The van der Waals surface area contributed by atoms with Crippen LogP contribution in [0.5, 0.6) is 0 Å². The quantitative estimate of drug-likeness (QED) is 0.713. The maximum absolute atomic E-state index is 4.67. The Kier molecular flexibility index (Phi) is 7.47. The van der Waals surface area contributed by atoms with Crippen molar-refractivity contribution in [1.29, 1.82) is 0 Å². The number of aromatic nitrogens is 2. The van der Waals surface area contributed by atoms with Crippen LogP contribution in [0.25, 0.3) is 0 Å². The van der Waals surface area contributed by atoms with Gasteiger partial charge in [0.1, 0.15) is 0 Å². The summed E-state index contributed by atoms with van der Waals surface area (Å²) in [5.41, 5.74) is 2.48. The van der Waals surface area contributed by atoms with E-state index in [0.29, 0.717) is 6.04 Å². The first-order valence-electron chi connectivity index (χ1n) is 7.02. The lowest BCUT2D eigenvalue weighted by Crippen LogP contribution is -2.33. The van der Waals surface area contributed by atoms with Crippen LogP contribution in [0.3, 0.4) is 0 Å². The first kappa shape index (κ1) is 17.1. The highest BCUT2D eigenvalue weighted by Gasteiger charge is 2.19. The number of hydrogen-bond donors (Lipinski definition) is 0. The molecule has 0 aliphatic rings. The van der Waals surface area contributed by atoms with E-state index in [4.69, 9.17) is 0 Å². The van der Waals surface area contributed by atoms with Crippen molar-refractivity contribution in [3.05, 3.63) is 15.9 Å². The molecule has 0 bridgehead atoms. The molecule has 0 amide bonds. The second-order valence-electron chi connectivity index (χ2n) is 4.81. The predicted octanol–water partition coefficient (Wildman–Crippen LogP) is 3.80. The van der Waals surface area contributed by atoms with E-state index in [-0.39, 0.29) is 0 Å². The highest BCUT2D eigenvalue weighted by Crippen LogP contribution is 2.24. The van der Waals surface area contributed by atoms with Gasteiger partial charge in [-0.3, -0.25) is 9.58 Å². The van der Waals surface area contributed by atoms with Crippen LogP contribution in [0.15, 0.2) is 4.47 Å². The summed E-state index contributed by atoms with van der Waals surface area (Å²) in [6, 6.07) is 0.632. The Balaban J connectivity index is 2.88. The third kappa shape index (κ3) is 4.23. The van der Waals surface area contributed by atoms with E-state index in [9.17, 15) is 0 Å². The molecule has 1 atom stereocenters. The van der Waals surface area contributed by atoms with Crippen molar-refractivity contribution < 1.29 is 0 Å². The van der Waals surface area contributed by atoms with Crippen LogP contribution < -0.4 is 0 Å². The second-order valence-corrected chi connectivity index (χ2v) is 6.51. The molecule has 0 spiro atoms. The number of halogens is 1. The Hall–Kier alpha value is -0.000000000000000111. The predicted molar refractivity (Wildman–Crippen MR) is 88.9 cm³/mol. The van der Waals surface area contributed by atoms with Crippen LogP contribution in [0.4, 0.5) is 0 Å². The average molecular weight is 348 g/mol. The summed E-state index contributed by atoms with van der Waals surface area (Å²) >= 11 is 5.65. The number of aryl methyl sites for hydroxylation is 2. The van der Waals surface area contributed by atoms with Crippen LogP contribution in [0, 0.1) is 0 Å². The Bertz CT molecular complexity index is 392. The molecule has 1 rings (SSSR count). The molecule has 1 heterocycles. The summed E-state index contributed by atoms with van der Waals surface area (Å²) in [6.07, 6.45) is 4.35. The zero-order chi connectivity index (χ0) is 14.4. The minimum absolute atomic E-state index is 0.632. The molecule has 3 nitrogen and oxygen atoms in total. The fourth-order valence-electron chi connectivity index (χ4n) is 2.28. The zero-order valence-electron chi connectivity index (χ0n) is 12.7. The maximum Gasteiger partial charge on any atom is 0.0767 e. The van der Waals surface area contributed by atoms with Crippen molar-refractivity contribution in [2.45, 2.75) is 52.7 Å². The summed E-state index contributed by atoms with van der Waals surface area (Å²) in [6.45, 7) is 8.47. The molecule has 5 heteroatoms. The summed E-state index contributed by atoms with van der Waals surface area (Å²) in [5, 5.41) is 4.67. The molecule has 0 aromatic carbocycles. The number of nitrogens with zero attached hydrogens (tertiary/aromatic N) is 3. The van der Waals surface area contributed by atoms with Crippen molar-refractivity contribution in [3.63, 3.8) is 0 Å². The van der Waals surface area contributed by atoms with E-state index in [1.54, 1.807) is 0 Å². The maximum atomic E-state index is 4.67. The molecule has 1 unspecified atom stereocenters. The van der Waals surface area contributed by atoms with Gasteiger partial charge in [0.2, 0.25) is 0 Å². The van der Waals surface area contributed by atoms with Gasteiger partial charge in [-0.15, -0.1) is 0 Å². The van der Waals surface area contributed by atoms with Crippen LogP contribution in [0.2, 0.25) is 0 Å². The fraction of sp³-hybridized carbons (Fsp3) is 0.786. The number of rotatable bonds is 8. The highest BCUT2D eigenvalue weighted by atomic mass is 79.9. The van der Waals surface area contributed by atoms with Crippen molar-refractivity contribution in [2.75, 3.05) is 19.1 Å². The van der Waals surface area contributed by atoms with Gasteiger partial charge in [-0.05, 0) is 49.0 Å². The molecule has 0 N–H and O–H groups in total. The fourth-order valence-corrected chi connectivity index (χ4v) is 3.85. The summed E-state index contributed by atoms with van der Waals surface area (Å²) in [4.78, 5) is 2.45. The standard InChI is InChI=1S/C14H26BrN3S/c1-6-11(10-19-5)17(4)9-13-14(15)12(7-2)16-18(13)8-3/h11H,6-10H2,1-5H3. The van der Waals surface area contributed by atoms with Gasteiger partial charge in [0.15, 0.2) is 0 Å².